The molecular formula is C22H30N4O. The standard InChI is InChI=1S/C22H30N4O/c1-5-16(4)20(21-23-17-10-6-7-11-18(17)24-21)25-22(27)19(14-15(2)3)26-12-8-9-13-26/h6-13,15-16,19-20H,5,14H2,1-4H3,(H,23,24)(H,25,27)/t16-,19-,20-/m0/s1. The number of H-pyrrole nitrogens is 1. The lowest BCUT2D eigenvalue weighted by molar-refractivity contribution is -0.126. The van der Waals surface area contributed by atoms with Gasteiger partial charge in [-0.1, -0.05) is 46.2 Å². The van der Waals surface area contributed by atoms with Gasteiger partial charge < -0.3 is 14.9 Å². The van der Waals surface area contributed by atoms with Crippen molar-refractivity contribution in [2.24, 2.45) is 11.8 Å². The molecule has 2 heterocycles. The van der Waals surface area contributed by atoms with Gasteiger partial charge in [0.15, 0.2) is 0 Å². The normalized spacial score (nSPS) is 15.0. The van der Waals surface area contributed by atoms with E-state index >= 15 is 0 Å². The molecule has 3 aromatic rings. The number of rotatable bonds is 8. The zero-order valence-electron chi connectivity index (χ0n) is 16.6. The maximum atomic E-state index is 13.2. The summed E-state index contributed by atoms with van der Waals surface area (Å²) in [5, 5.41) is 3.29. The predicted molar refractivity (Wildman–Crippen MR) is 109 cm³/mol. The van der Waals surface area contributed by atoms with Crippen LogP contribution >= 0.6 is 0 Å². The highest BCUT2D eigenvalue weighted by molar-refractivity contribution is 5.81. The molecule has 0 aliphatic heterocycles. The van der Waals surface area contributed by atoms with Crippen molar-refractivity contribution >= 4 is 16.9 Å². The summed E-state index contributed by atoms with van der Waals surface area (Å²) in [6.07, 6.45) is 5.69. The van der Waals surface area contributed by atoms with Gasteiger partial charge in [0.2, 0.25) is 5.91 Å². The molecule has 0 radical (unpaired) electrons. The molecule has 1 aromatic carbocycles. The molecule has 0 fully saturated rings. The summed E-state index contributed by atoms with van der Waals surface area (Å²) in [4.78, 5) is 21.4. The molecule has 1 amide bonds. The Hall–Kier alpha value is -2.56. The van der Waals surface area contributed by atoms with Crippen LogP contribution in [-0.2, 0) is 4.79 Å². The third-order valence-electron chi connectivity index (χ3n) is 5.20. The number of nitrogens with one attached hydrogen (secondary N) is 2. The smallest absolute Gasteiger partial charge is 0.243 e. The molecule has 0 saturated heterocycles. The van der Waals surface area contributed by atoms with E-state index in [0.29, 0.717) is 5.92 Å². The van der Waals surface area contributed by atoms with Crippen molar-refractivity contribution in [3.8, 4) is 0 Å². The van der Waals surface area contributed by atoms with Crippen molar-refractivity contribution in [3.63, 3.8) is 0 Å². The average molecular weight is 367 g/mol. The van der Waals surface area contributed by atoms with E-state index in [2.05, 4.69) is 38.0 Å². The lowest BCUT2D eigenvalue weighted by Crippen LogP contribution is -2.38. The fraction of sp³-hybridized carbons (Fsp3) is 0.455. The van der Waals surface area contributed by atoms with Crippen molar-refractivity contribution in [2.75, 3.05) is 0 Å². The summed E-state index contributed by atoms with van der Waals surface area (Å²) in [5.74, 6) is 1.58. The highest BCUT2D eigenvalue weighted by Crippen LogP contribution is 2.26. The Balaban J connectivity index is 1.87. The van der Waals surface area contributed by atoms with Gasteiger partial charge in [-0.05, 0) is 42.5 Å². The minimum Gasteiger partial charge on any atom is -0.344 e. The second-order valence-corrected chi connectivity index (χ2v) is 7.79. The van der Waals surface area contributed by atoms with Gasteiger partial charge in [0.05, 0.1) is 17.1 Å². The molecule has 5 heteroatoms. The van der Waals surface area contributed by atoms with Gasteiger partial charge in [-0.2, -0.15) is 0 Å². The van der Waals surface area contributed by atoms with Gasteiger partial charge in [0.1, 0.15) is 11.9 Å². The van der Waals surface area contributed by atoms with E-state index in [4.69, 9.17) is 4.98 Å². The van der Waals surface area contributed by atoms with E-state index < -0.39 is 0 Å². The number of hydrogen-bond acceptors (Lipinski definition) is 2. The topological polar surface area (TPSA) is 62.7 Å². The average Bonchev–Trinajstić information content (AvgIpc) is 3.32. The van der Waals surface area contributed by atoms with Crippen LogP contribution in [0.2, 0.25) is 0 Å². The summed E-state index contributed by atoms with van der Waals surface area (Å²) >= 11 is 0. The van der Waals surface area contributed by atoms with Crippen molar-refractivity contribution in [3.05, 3.63) is 54.6 Å². The van der Waals surface area contributed by atoms with E-state index in [1.165, 1.54) is 0 Å². The Kier molecular flexibility index (Phi) is 5.99. The number of aromatic amines is 1. The Morgan fingerprint density at radius 2 is 1.85 bits per heavy atom. The number of carbonyl (C=O) groups is 1. The number of amides is 1. The summed E-state index contributed by atoms with van der Waals surface area (Å²) < 4.78 is 2.00. The van der Waals surface area contributed by atoms with Gasteiger partial charge >= 0.3 is 0 Å². The fourth-order valence-corrected chi connectivity index (χ4v) is 3.45. The van der Waals surface area contributed by atoms with Crippen molar-refractivity contribution < 1.29 is 4.79 Å². The van der Waals surface area contributed by atoms with Gasteiger partial charge in [-0.25, -0.2) is 4.98 Å². The maximum Gasteiger partial charge on any atom is 0.243 e. The number of hydrogen-bond donors (Lipinski definition) is 2. The molecule has 0 spiro atoms. The third-order valence-corrected chi connectivity index (χ3v) is 5.20. The van der Waals surface area contributed by atoms with Crippen molar-refractivity contribution in [2.45, 2.75) is 52.6 Å². The van der Waals surface area contributed by atoms with Crippen LogP contribution in [0.5, 0.6) is 0 Å². The number of nitrogens with zero attached hydrogens (tertiary/aromatic N) is 2. The van der Waals surface area contributed by atoms with Crippen LogP contribution in [0.1, 0.15) is 58.4 Å². The van der Waals surface area contributed by atoms with Gasteiger partial charge in [-0.3, -0.25) is 4.79 Å². The molecular weight excluding hydrogens is 336 g/mol. The number of carbonyl (C=O) groups excluding carboxylic acids is 1. The number of benzene rings is 1. The van der Waals surface area contributed by atoms with Gasteiger partial charge in [0, 0.05) is 12.4 Å². The van der Waals surface area contributed by atoms with E-state index in [1.807, 2.05) is 53.4 Å². The first-order valence-electron chi connectivity index (χ1n) is 9.87. The van der Waals surface area contributed by atoms with Crippen LogP contribution in [-0.4, -0.2) is 20.4 Å². The Morgan fingerprint density at radius 1 is 1.15 bits per heavy atom. The highest BCUT2D eigenvalue weighted by atomic mass is 16.2. The maximum absolute atomic E-state index is 13.2. The number of para-hydroxylation sites is 2. The minimum atomic E-state index is -0.212. The number of imidazole rings is 1. The predicted octanol–water partition coefficient (Wildman–Crippen LogP) is 4.86. The van der Waals surface area contributed by atoms with Crippen LogP contribution in [0, 0.1) is 11.8 Å². The minimum absolute atomic E-state index is 0.0469. The molecule has 0 unspecified atom stereocenters. The number of aromatic nitrogens is 3. The molecule has 0 aliphatic rings. The first kappa shape index (κ1) is 19.2. The van der Waals surface area contributed by atoms with Crippen LogP contribution in [0.3, 0.4) is 0 Å². The van der Waals surface area contributed by atoms with E-state index in [1.54, 1.807) is 0 Å². The molecule has 3 atom stereocenters. The lowest BCUT2D eigenvalue weighted by atomic mass is 9.97. The lowest BCUT2D eigenvalue weighted by Gasteiger charge is -2.27. The van der Waals surface area contributed by atoms with Crippen molar-refractivity contribution in [1.29, 1.82) is 0 Å². The molecule has 27 heavy (non-hydrogen) atoms. The fourth-order valence-electron chi connectivity index (χ4n) is 3.45. The zero-order valence-corrected chi connectivity index (χ0v) is 16.6. The molecule has 3 rings (SSSR count). The first-order valence-corrected chi connectivity index (χ1v) is 9.87. The SMILES string of the molecule is CC[C@H](C)[C@H](NC(=O)[C@H](CC(C)C)n1cccc1)c1nc2ccccc2[nH]1. The van der Waals surface area contributed by atoms with Crippen LogP contribution in [0.25, 0.3) is 11.0 Å². The van der Waals surface area contributed by atoms with E-state index in [9.17, 15) is 4.79 Å². The molecule has 5 nitrogen and oxygen atoms in total. The summed E-state index contributed by atoms with van der Waals surface area (Å²) in [5.41, 5.74) is 1.93. The Bertz CT molecular complexity index is 832. The molecule has 144 valence electrons. The Labute approximate surface area is 161 Å². The summed E-state index contributed by atoms with van der Waals surface area (Å²) in [6, 6.07) is 11.6. The van der Waals surface area contributed by atoms with Gasteiger partial charge in [-0.15, -0.1) is 0 Å². The molecule has 0 aliphatic carbocycles. The monoisotopic (exact) mass is 366 g/mol. The Morgan fingerprint density at radius 3 is 2.48 bits per heavy atom. The zero-order chi connectivity index (χ0) is 19.4. The summed E-state index contributed by atoms with van der Waals surface area (Å²) in [7, 11) is 0. The van der Waals surface area contributed by atoms with E-state index in [-0.39, 0.29) is 23.9 Å². The summed E-state index contributed by atoms with van der Waals surface area (Å²) in [6.45, 7) is 8.60. The largest absolute Gasteiger partial charge is 0.344 e. The molecule has 0 saturated carbocycles. The van der Waals surface area contributed by atoms with E-state index in [0.717, 1.165) is 29.7 Å². The molecule has 2 N–H and O–H groups in total. The third kappa shape index (κ3) is 4.41. The van der Waals surface area contributed by atoms with Crippen LogP contribution < -0.4 is 5.32 Å². The van der Waals surface area contributed by atoms with Crippen molar-refractivity contribution in [1.82, 2.24) is 19.9 Å². The quantitative estimate of drug-likeness (QED) is 0.598. The first-order chi connectivity index (χ1) is 13.0. The number of fused-ring (bicyclic) bond motifs is 1. The molecule has 2 aromatic heterocycles. The molecule has 0 bridgehead atoms. The van der Waals surface area contributed by atoms with Gasteiger partial charge in [0.25, 0.3) is 0 Å². The van der Waals surface area contributed by atoms with Crippen LogP contribution in [0.15, 0.2) is 48.8 Å². The second-order valence-electron chi connectivity index (χ2n) is 7.79. The van der Waals surface area contributed by atoms with Crippen LogP contribution in [0.4, 0.5) is 0 Å². The highest BCUT2D eigenvalue weighted by Gasteiger charge is 2.28. The second kappa shape index (κ2) is 8.42.